The van der Waals surface area contributed by atoms with Gasteiger partial charge in [0, 0.05) is 31.4 Å². The molecule has 0 aromatic carbocycles. The third kappa shape index (κ3) is 9.19. The van der Waals surface area contributed by atoms with Crippen LogP contribution in [-0.2, 0) is 33.2 Å². The van der Waals surface area contributed by atoms with E-state index in [0.29, 0.717) is 6.42 Å². The van der Waals surface area contributed by atoms with Crippen LogP contribution in [0.15, 0.2) is 0 Å². The van der Waals surface area contributed by atoms with Gasteiger partial charge in [-0.05, 0) is 73.8 Å². The molecule has 3 aliphatic heterocycles. The lowest BCUT2D eigenvalue weighted by molar-refractivity contribution is -0.316. The number of esters is 1. The van der Waals surface area contributed by atoms with Gasteiger partial charge in [-0.25, -0.2) is 0 Å². The van der Waals surface area contributed by atoms with Crippen molar-refractivity contribution < 1.29 is 63.9 Å². The summed E-state index contributed by atoms with van der Waals surface area (Å²) in [6, 6.07) is -0.361. The van der Waals surface area contributed by atoms with E-state index in [2.05, 4.69) is 5.32 Å². The smallest absolute Gasteiger partial charge is 0.311 e. The van der Waals surface area contributed by atoms with E-state index < -0.39 is 108 Å². The molecule has 0 bridgehead atoms. The SMILES string of the molecule is CC[C@H]1OC(=O)[C@H](C)[C@@H](O[C@H]2C[C@@](C)(OC)[C@@H](O)[C@H](C)O2)[C@H](C)[C@@H](O[C@@H]2O[C@H](C)C[C@H](NC)[C@H]2O)C(C)(O)C[C@@H](C)[C@H](O)[C@H](C)[C@@H](O)[C@]1(C)O. The Balaban J connectivity index is 2.17. The van der Waals surface area contributed by atoms with Crippen LogP contribution in [0, 0.1) is 23.7 Å². The van der Waals surface area contributed by atoms with Gasteiger partial charge in [0.2, 0.25) is 0 Å². The van der Waals surface area contributed by atoms with Crippen molar-refractivity contribution in [2.75, 3.05) is 14.2 Å². The number of nitrogens with one attached hydrogen (secondary N) is 1. The maximum atomic E-state index is 14.1. The molecule has 0 radical (unpaired) electrons. The zero-order valence-corrected chi connectivity index (χ0v) is 32.1. The molecule has 0 spiro atoms. The zero-order chi connectivity index (χ0) is 38.1. The second-order valence-electron chi connectivity index (χ2n) is 16.1. The van der Waals surface area contributed by atoms with Gasteiger partial charge < -0.3 is 64.4 Å². The van der Waals surface area contributed by atoms with Gasteiger partial charge in [-0.1, -0.05) is 27.7 Å². The van der Waals surface area contributed by atoms with Crippen molar-refractivity contribution in [1.29, 1.82) is 0 Å². The van der Waals surface area contributed by atoms with E-state index in [4.69, 9.17) is 28.4 Å². The molecule has 3 aliphatic rings. The first-order valence-electron chi connectivity index (χ1n) is 18.3. The van der Waals surface area contributed by atoms with Crippen molar-refractivity contribution in [3.8, 4) is 0 Å². The van der Waals surface area contributed by atoms with Crippen LogP contribution < -0.4 is 5.32 Å². The molecule has 50 heavy (non-hydrogen) atoms. The average molecular weight is 722 g/mol. The first kappa shape index (κ1) is 43.4. The number of hydrogen-bond donors (Lipinski definition) is 7. The van der Waals surface area contributed by atoms with E-state index >= 15 is 0 Å². The highest BCUT2D eigenvalue weighted by atomic mass is 16.7. The molecule has 0 aliphatic carbocycles. The molecule has 0 aromatic rings. The Kier molecular flexibility index (Phi) is 14.7. The van der Waals surface area contributed by atoms with E-state index in [0.717, 1.165) is 0 Å². The minimum atomic E-state index is -1.93. The molecule has 0 saturated carbocycles. The molecule has 19 atom stereocenters. The van der Waals surface area contributed by atoms with Crippen LogP contribution in [0.25, 0.3) is 0 Å². The lowest BCUT2D eigenvalue weighted by atomic mass is 9.73. The van der Waals surface area contributed by atoms with Gasteiger partial charge in [0.15, 0.2) is 12.6 Å². The summed E-state index contributed by atoms with van der Waals surface area (Å²) in [6.07, 6.45) is -10.5. The third-order valence-corrected chi connectivity index (χ3v) is 11.8. The van der Waals surface area contributed by atoms with Gasteiger partial charge in [-0.3, -0.25) is 4.79 Å². The van der Waals surface area contributed by atoms with Crippen molar-refractivity contribution in [3.05, 3.63) is 0 Å². The number of hydrogen-bond acceptors (Lipinski definition) is 14. The summed E-state index contributed by atoms with van der Waals surface area (Å²) < 4.78 is 37.0. The summed E-state index contributed by atoms with van der Waals surface area (Å²) in [5, 5.41) is 72.0. The van der Waals surface area contributed by atoms with Gasteiger partial charge in [0.05, 0.1) is 53.7 Å². The standard InChI is InChI=1S/C36H67NO13/c1-13-24-36(10,44)29(40)19(4)26(38)17(2)15-34(8,43)31(50-33-27(39)23(37-11)14-18(3)46-33)20(5)28(21(6)32(42)48-24)49-25-16-35(9,45-12)30(41)22(7)47-25/h17-31,33,37-41,43-44H,13-16H2,1-12H3/t17-,18-,19+,20+,21-,22+,23+,24-,25+,26+,27-,28+,29-,30+,31-,33+,34?,35-,36-/m1/s1. The maximum absolute atomic E-state index is 14.1. The van der Waals surface area contributed by atoms with Crippen molar-refractivity contribution in [2.45, 2.75) is 185 Å². The van der Waals surface area contributed by atoms with Crippen LogP contribution in [0.5, 0.6) is 0 Å². The Hall–Kier alpha value is -1.01. The first-order chi connectivity index (χ1) is 23.1. The van der Waals surface area contributed by atoms with Crippen molar-refractivity contribution in [3.63, 3.8) is 0 Å². The highest BCUT2D eigenvalue weighted by molar-refractivity contribution is 5.73. The van der Waals surface area contributed by atoms with Gasteiger partial charge >= 0.3 is 5.97 Å². The summed E-state index contributed by atoms with van der Waals surface area (Å²) in [7, 11) is 3.22. The summed E-state index contributed by atoms with van der Waals surface area (Å²) in [5.74, 6) is -4.11. The number of cyclic esters (lactones) is 1. The summed E-state index contributed by atoms with van der Waals surface area (Å²) in [4.78, 5) is 14.1. The number of aliphatic hydroxyl groups excluding tert-OH is 4. The lowest BCUT2D eigenvalue weighted by Gasteiger charge is -2.49. The van der Waals surface area contributed by atoms with Gasteiger partial charge in [0.25, 0.3) is 0 Å². The van der Waals surface area contributed by atoms with Crippen molar-refractivity contribution in [2.24, 2.45) is 23.7 Å². The van der Waals surface area contributed by atoms with Crippen LogP contribution in [0.2, 0.25) is 0 Å². The number of carbonyl (C=O) groups excluding carboxylic acids is 1. The molecule has 294 valence electrons. The fourth-order valence-corrected chi connectivity index (χ4v) is 8.39. The van der Waals surface area contributed by atoms with Gasteiger partial charge in [0.1, 0.15) is 23.9 Å². The molecule has 1 unspecified atom stereocenters. The van der Waals surface area contributed by atoms with Crippen LogP contribution in [0.4, 0.5) is 0 Å². The fraction of sp³-hybridized carbons (Fsp3) is 0.972. The Labute approximate surface area is 298 Å². The monoisotopic (exact) mass is 721 g/mol. The minimum Gasteiger partial charge on any atom is -0.459 e. The van der Waals surface area contributed by atoms with Crippen molar-refractivity contribution >= 4 is 5.97 Å². The van der Waals surface area contributed by atoms with Crippen LogP contribution in [-0.4, -0.2) is 141 Å². The number of carbonyl (C=O) groups is 1. The van der Waals surface area contributed by atoms with Crippen LogP contribution in [0.3, 0.4) is 0 Å². The summed E-state index contributed by atoms with van der Waals surface area (Å²) in [6.45, 7) is 16.6. The average Bonchev–Trinajstić information content (AvgIpc) is 3.05. The van der Waals surface area contributed by atoms with E-state index in [1.165, 1.54) is 14.0 Å². The molecule has 0 aromatic heterocycles. The van der Waals surface area contributed by atoms with E-state index in [-0.39, 0.29) is 31.4 Å². The van der Waals surface area contributed by atoms with Gasteiger partial charge in [-0.2, -0.15) is 0 Å². The quantitative estimate of drug-likeness (QED) is 0.185. The predicted molar refractivity (Wildman–Crippen MR) is 183 cm³/mol. The first-order valence-corrected chi connectivity index (χ1v) is 18.3. The summed E-state index contributed by atoms with van der Waals surface area (Å²) >= 11 is 0. The third-order valence-electron chi connectivity index (χ3n) is 11.8. The Bertz CT molecular complexity index is 1090. The van der Waals surface area contributed by atoms with Gasteiger partial charge in [-0.15, -0.1) is 0 Å². The molecular weight excluding hydrogens is 654 g/mol. The molecule has 3 fully saturated rings. The Morgan fingerprint density at radius 3 is 2.06 bits per heavy atom. The highest BCUT2D eigenvalue weighted by Gasteiger charge is 2.53. The molecule has 7 N–H and O–H groups in total. The Morgan fingerprint density at radius 1 is 0.880 bits per heavy atom. The zero-order valence-electron chi connectivity index (χ0n) is 32.1. The highest BCUT2D eigenvalue weighted by Crippen LogP contribution is 2.41. The number of likely N-dealkylation sites (N-methyl/N-ethyl adjacent to an activating group) is 1. The van der Waals surface area contributed by atoms with Crippen molar-refractivity contribution in [1.82, 2.24) is 5.32 Å². The molecule has 3 saturated heterocycles. The van der Waals surface area contributed by atoms with E-state index in [1.54, 1.807) is 62.4 Å². The topological polar surface area (TPSA) is 206 Å². The fourth-order valence-electron chi connectivity index (χ4n) is 8.39. The predicted octanol–water partition coefficient (Wildman–Crippen LogP) is 1.24. The molecule has 14 nitrogen and oxygen atoms in total. The van der Waals surface area contributed by atoms with E-state index in [1.807, 2.05) is 6.92 Å². The molecule has 0 amide bonds. The molecule has 3 heterocycles. The molecule has 3 rings (SSSR count). The number of methoxy groups -OCH3 is 1. The van der Waals surface area contributed by atoms with E-state index in [9.17, 15) is 35.4 Å². The minimum absolute atomic E-state index is 0.0378. The Morgan fingerprint density at radius 2 is 1.50 bits per heavy atom. The van der Waals surface area contributed by atoms with Crippen LogP contribution in [0.1, 0.15) is 94.9 Å². The normalized spacial score (nSPS) is 51.8. The largest absolute Gasteiger partial charge is 0.459 e. The number of ether oxygens (including phenoxy) is 6. The molecular formula is C36H67NO13. The number of rotatable bonds is 7. The molecule has 14 heteroatoms. The second-order valence-corrected chi connectivity index (χ2v) is 16.1. The second kappa shape index (κ2) is 17.0. The number of aliphatic hydroxyl groups is 6. The maximum Gasteiger partial charge on any atom is 0.311 e. The van der Waals surface area contributed by atoms with Crippen LogP contribution >= 0.6 is 0 Å². The lowest BCUT2D eigenvalue weighted by Crippen LogP contribution is -2.61. The summed E-state index contributed by atoms with van der Waals surface area (Å²) in [5.41, 5.74) is -4.70.